The van der Waals surface area contributed by atoms with Crippen molar-refractivity contribution in [1.29, 1.82) is 0 Å². The molecule has 98 valence electrons. The highest BCUT2D eigenvalue weighted by Crippen LogP contribution is 2.16. The summed E-state index contributed by atoms with van der Waals surface area (Å²) in [7, 11) is 2.04. The lowest BCUT2D eigenvalue weighted by atomic mass is 10.4. The van der Waals surface area contributed by atoms with Crippen molar-refractivity contribution in [2.75, 3.05) is 33.2 Å². The van der Waals surface area contributed by atoms with Crippen molar-refractivity contribution >= 4 is 23.2 Å². The summed E-state index contributed by atoms with van der Waals surface area (Å²) in [4.78, 5) is 25.4. The van der Waals surface area contributed by atoms with Gasteiger partial charge in [0.1, 0.15) is 4.88 Å². The summed E-state index contributed by atoms with van der Waals surface area (Å²) < 4.78 is 0. The molecular weight excluding hydrogens is 254 g/mol. The number of aromatic carboxylic acids is 1. The molecule has 0 bridgehead atoms. The van der Waals surface area contributed by atoms with Crippen LogP contribution in [0.25, 0.3) is 0 Å². The van der Waals surface area contributed by atoms with Crippen LogP contribution in [-0.4, -0.2) is 60.1 Å². The van der Waals surface area contributed by atoms with Crippen molar-refractivity contribution in [2.24, 2.45) is 0 Å². The van der Waals surface area contributed by atoms with Gasteiger partial charge in [0.15, 0.2) is 0 Å². The molecule has 1 saturated heterocycles. The minimum atomic E-state index is -1.00. The number of carbonyl (C=O) groups excluding carboxylic acids is 1. The van der Waals surface area contributed by atoms with Crippen LogP contribution < -0.4 is 5.43 Å². The summed E-state index contributed by atoms with van der Waals surface area (Å²) in [6.45, 7) is 3.37. The average Bonchev–Trinajstić information content (AvgIpc) is 2.81. The summed E-state index contributed by atoms with van der Waals surface area (Å²) in [5.74, 6) is -1.24. The third-order valence-corrected chi connectivity index (χ3v) is 3.88. The first-order valence-electron chi connectivity index (χ1n) is 5.64. The number of hydrogen-bond acceptors (Lipinski definition) is 5. The van der Waals surface area contributed by atoms with Crippen molar-refractivity contribution in [3.8, 4) is 0 Å². The molecule has 0 unspecified atom stereocenters. The molecule has 1 aromatic rings. The van der Waals surface area contributed by atoms with Crippen LogP contribution in [0.4, 0.5) is 0 Å². The lowest BCUT2D eigenvalue weighted by Crippen LogP contribution is -2.52. The molecule has 7 heteroatoms. The molecule has 1 fully saturated rings. The molecule has 0 aliphatic carbocycles. The Bertz CT molecular complexity index is 452. The van der Waals surface area contributed by atoms with Gasteiger partial charge in [0.05, 0.1) is 4.88 Å². The Labute approximate surface area is 109 Å². The molecule has 0 radical (unpaired) electrons. The zero-order valence-corrected chi connectivity index (χ0v) is 10.9. The standard InChI is InChI=1S/C11H15N3O3S/c1-13-4-6-14(7-5-13)12-10(15)8-2-3-9(18-8)11(16)17/h2-3H,4-7H2,1H3,(H,12,15)(H,16,17). The van der Waals surface area contributed by atoms with Gasteiger partial charge in [0, 0.05) is 26.2 Å². The molecule has 1 aliphatic rings. The number of hydrogen-bond donors (Lipinski definition) is 2. The lowest BCUT2D eigenvalue weighted by Gasteiger charge is -2.32. The molecule has 0 atom stereocenters. The molecule has 0 saturated carbocycles. The van der Waals surface area contributed by atoms with Crippen LogP contribution in [-0.2, 0) is 0 Å². The summed E-state index contributed by atoms with van der Waals surface area (Å²) >= 11 is 0.990. The molecule has 2 N–H and O–H groups in total. The number of amides is 1. The van der Waals surface area contributed by atoms with E-state index in [1.807, 2.05) is 12.1 Å². The van der Waals surface area contributed by atoms with E-state index in [9.17, 15) is 9.59 Å². The largest absolute Gasteiger partial charge is 0.477 e. The highest BCUT2D eigenvalue weighted by atomic mass is 32.1. The number of likely N-dealkylation sites (N-methyl/N-ethyl adjacent to an activating group) is 1. The van der Waals surface area contributed by atoms with E-state index in [-0.39, 0.29) is 10.8 Å². The third kappa shape index (κ3) is 3.06. The number of piperazine rings is 1. The number of carboxylic acid groups (broad SMARTS) is 1. The summed E-state index contributed by atoms with van der Waals surface area (Å²) in [6.07, 6.45) is 0. The van der Waals surface area contributed by atoms with Gasteiger partial charge in [-0.15, -0.1) is 11.3 Å². The fraction of sp³-hybridized carbons (Fsp3) is 0.455. The number of nitrogens with zero attached hydrogens (tertiary/aromatic N) is 2. The zero-order chi connectivity index (χ0) is 13.1. The number of hydrazine groups is 1. The van der Waals surface area contributed by atoms with Gasteiger partial charge in [-0.1, -0.05) is 0 Å². The Morgan fingerprint density at radius 2 is 1.83 bits per heavy atom. The second-order valence-electron chi connectivity index (χ2n) is 4.20. The third-order valence-electron chi connectivity index (χ3n) is 2.80. The number of nitrogens with one attached hydrogen (secondary N) is 1. The molecular formula is C11H15N3O3S. The summed E-state index contributed by atoms with van der Waals surface area (Å²) in [6, 6.07) is 2.99. The Kier molecular flexibility index (Phi) is 3.95. The van der Waals surface area contributed by atoms with Gasteiger partial charge in [-0.2, -0.15) is 0 Å². The van der Waals surface area contributed by atoms with Crippen LogP contribution in [0.15, 0.2) is 12.1 Å². The van der Waals surface area contributed by atoms with Crippen molar-refractivity contribution < 1.29 is 14.7 Å². The van der Waals surface area contributed by atoms with Gasteiger partial charge in [0.2, 0.25) is 0 Å². The lowest BCUT2D eigenvalue weighted by molar-refractivity contribution is 0.0665. The summed E-state index contributed by atoms with van der Waals surface area (Å²) in [5.41, 5.74) is 2.79. The quantitative estimate of drug-likeness (QED) is 0.828. The molecule has 18 heavy (non-hydrogen) atoms. The topological polar surface area (TPSA) is 72.9 Å². The van der Waals surface area contributed by atoms with E-state index in [0.29, 0.717) is 4.88 Å². The average molecular weight is 269 g/mol. The fourth-order valence-electron chi connectivity index (χ4n) is 1.69. The predicted molar refractivity (Wildman–Crippen MR) is 67.8 cm³/mol. The molecule has 1 aliphatic heterocycles. The maximum Gasteiger partial charge on any atom is 0.345 e. The van der Waals surface area contributed by atoms with Crippen molar-refractivity contribution in [3.63, 3.8) is 0 Å². The first-order chi connectivity index (χ1) is 8.56. The van der Waals surface area contributed by atoms with E-state index >= 15 is 0 Å². The first kappa shape index (κ1) is 13.0. The maximum absolute atomic E-state index is 11.9. The minimum Gasteiger partial charge on any atom is -0.477 e. The van der Waals surface area contributed by atoms with Crippen molar-refractivity contribution in [1.82, 2.24) is 15.3 Å². The number of thiophene rings is 1. The molecule has 1 aromatic heterocycles. The number of rotatable bonds is 3. The molecule has 1 amide bonds. The van der Waals surface area contributed by atoms with Crippen molar-refractivity contribution in [2.45, 2.75) is 0 Å². The van der Waals surface area contributed by atoms with E-state index in [0.717, 1.165) is 37.5 Å². The predicted octanol–water partition coefficient (Wildman–Crippen LogP) is 0.338. The van der Waals surface area contributed by atoms with Gasteiger partial charge >= 0.3 is 5.97 Å². The molecule has 0 aromatic carbocycles. The van der Waals surface area contributed by atoms with Gasteiger partial charge in [-0.3, -0.25) is 10.2 Å². The summed E-state index contributed by atoms with van der Waals surface area (Å²) in [5, 5.41) is 10.7. The molecule has 2 rings (SSSR count). The number of carboxylic acids is 1. The van der Waals surface area contributed by atoms with Crippen LogP contribution in [0.1, 0.15) is 19.3 Å². The van der Waals surface area contributed by atoms with E-state index in [4.69, 9.17) is 5.11 Å². The highest BCUT2D eigenvalue weighted by Gasteiger charge is 2.18. The maximum atomic E-state index is 11.9. The van der Waals surface area contributed by atoms with E-state index in [1.54, 1.807) is 6.07 Å². The second kappa shape index (κ2) is 5.47. The normalized spacial score (nSPS) is 17.6. The molecule has 2 heterocycles. The van der Waals surface area contributed by atoms with Gasteiger partial charge in [-0.05, 0) is 19.2 Å². The Morgan fingerprint density at radius 1 is 1.22 bits per heavy atom. The monoisotopic (exact) mass is 269 g/mol. The van der Waals surface area contributed by atoms with Crippen LogP contribution in [0.2, 0.25) is 0 Å². The van der Waals surface area contributed by atoms with Crippen LogP contribution in [0.5, 0.6) is 0 Å². The van der Waals surface area contributed by atoms with E-state index in [2.05, 4.69) is 10.3 Å². The van der Waals surface area contributed by atoms with E-state index < -0.39 is 5.97 Å². The van der Waals surface area contributed by atoms with Crippen molar-refractivity contribution in [3.05, 3.63) is 21.9 Å². The van der Waals surface area contributed by atoms with Crippen LogP contribution in [0, 0.1) is 0 Å². The van der Waals surface area contributed by atoms with Crippen LogP contribution in [0.3, 0.4) is 0 Å². The molecule has 0 spiro atoms. The fourth-order valence-corrected chi connectivity index (χ4v) is 2.43. The zero-order valence-electron chi connectivity index (χ0n) is 10.0. The van der Waals surface area contributed by atoms with Gasteiger partial charge in [-0.25, -0.2) is 9.80 Å². The Balaban J connectivity index is 1.93. The molecule has 6 nitrogen and oxygen atoms in total. The SMILES string of the molecule is CN1CCN(NC(=O)c2ccc(C(=O)O)s2)CC1. The minimum absolute atomic E-state index is 0.179. The van der Waals surface area contributed by atoms with Gasteiger partial charge in [0.25, 0.3) is 5.91 Å². The highest BCUT2D eigenvalue weighted by molar-refractivity contribution is 7.15. The Hall–Kier alpha value is -1.44. The van der Waals surface area contributed by atoms with E-state index in [1.165, 1.54) is 6.07 Å². The van der Waals surface area contributed by atoms with Crippen LogP contribution >= 0.6 is 11.3 Å². The number of carbonyl (C=O) groups is 2. The smallest absolute Gasteiger partial charge is 0.345 e. The Morgan fingerprint density at radius 3 is 2.39 bits per heavy atom. The first-order valence-corrected chi connectivity index (χ1v) is 6.45. The second-order valence-corrected chi connectivity index (χ2v) is 5.28. The van der Waals surface area contributed by atoms with Gasteiger partial charge < -0.3 is 10.0 Å².